The molecule has 0 heterocycles. The Morgan fingerprint density at radius 1 is 1.05 bits per heavy atom. The summed E-state index contributed by atoms with van der Waals surface area (Å²) in [6.45, 7) is 0. The molecule has 0 saturated heterocycles. The number of halogens is 4. The van der Waals surface area contributed by atoms with E-state index in [-0.39, 0.29) is 5.56 Å². The van der Waals surface area contributed by atoms with Crippen molar-refractivity contribution < 1.29 is 13.9 Å². The normalized spacial score (nSPS) is 12.1. The first-order valence-corrected chi connectivity index (χ1v) is 7.59. The van der Waals surface area contributed by atoms with Crippen LogP contribution in [0.15, 0.2) is 34.8 Å². The predicted octanol–water partition coefficient (Wildman–Crippen LogP) is 5.59. The van der Waals surface area contributed by atoms with Crippen molar-refractivity contribution in [2.45, 2.75) is 5.38 Å². The predicted molar refractivity (Wildman–Crippen MR) is 86.4 cm³/mol. The minimum Gasteiger partial charge on any atom is -0.493 e. The summed E-state index contributed by atoms with van der Waals surface area (Å²) in [5.74, 6) is 0.234. The van der Waals surface area contributed by atoms with Gasteiger partial charge in [0.15, 0.2) is 11.5 Å². The fourth-order valence-corrected chi connectivity index (χ4v) is 2.95. The number of hydrogen-bond acceptors (Lipinski definition) is 2. The molecule has 0 aliphatic carbocycles. The van der Waals surface area contributed by atoms with Gasteiger partial charge in [0, 0.05) is 21.1 Å². The van der Waals surface area contributed by atoms with Gasteiger partial charge in [-0.15, -0.1) is 11.6 Å². The molecule has 0 saturated carbocycles. The van der Waals surface area contributed by atoms with E-state index in [2.05, 4.69) is 15.9 Å². The largest absolute Gasteiger partial charge is 0.493 e. The quantitative estimate of drug-likeness (QED) is 0.630. The van der Waals surface area contributed by atoms with Gasteiger partial charge in [-0.05, 0) is 29.8 Å². The molecule has 2 aromatic carbocycles. The van der Waals surface area contributed by atoms with Crippen molar-refractivity contribution >= 4 is 39.1 Å². The summed E-state index contributed by atoms with van der Waals surface area (Å²) in [4.78, 5) is 0. The van der Waals surface area contributed by atoms with Crippen molar-refractivity contribution in [2.24, 2.45) is 0 Å². The molecule has 0 N–H and O–H groups in total. The van der Waals surface area contributed by atoms with Crippen molar-refractivity contribution in [2.75, 3.05) is 14.2 Å². The Morgan fingerprint density at radius 2 is 1.67 bits per heavy atom. The molecule has 1 unspecified atom stereocenters. The minimum absolute atomic E-state index is 0.273. The van der Waals surface area contributed by atoms with E-state index < -0.39 is 11.2 Å². The third-order valence-corrected chi connectivity index (χ3v) is 4.31. The molecule has 1 atom stereocenters. The lowest BCUT2D eigenvalue weighted by Crippen LogP contribution is -2.01. The van der Waals surface area contributed by atoms with Crippen molar-refractivity contribution in [1.29, 1.82) is 0 Å². The average Bonchev–Trinajstić information content (AvgIpc) is 2.48. The van der Waals surface area contributed by atoms with Crippen LogP contribution in [0.4, 0.5) is 4.39 Å². The Morgan fingerprint density at radius 3 is 2.29 bits per heavy atom. The molecule has 112 valence electrons. The van der Waals surface area contributed by atoms with E-state index >= 15 is 0 Å². The highest BCUT2D eigenvalue weighted by Crippen LogP contribution is 2.40. The SMILES string of the molecule is COc1cc(F)c(C(Cl)c2cc(Br)ccc2Cl)cc1OC. The van der Waals surface area contributed by atoms with E-state index in [9.17, 15) is 4.39 Å². The van der Waals surface area contributed by atoms with Gasteiger partial charge < -0.3 is 9.47 Å². The van der Waals surface area contributed by atoms with Crippen LogP contribution in [0.1, 0.15) is 16.5 Å². The summed E-state index contributed by atoms with van der Waals surface area (Å²) < 4.78 is 25.3. The van der Waals surface area contributed by atoms with Crippen LogP contribution in [-0.2, 0) is 0 Å². The fourth-order valence-electron chi connectivity index (χ4n) is 1.94. The highest BCUT2D eigenvalue weighted by atomic mass is 79.9. The average molecular weight is 394 g/mol. The second-order valence-electron chi connectivity index (χ2n) is 4.26. The van der Waals surface area contributed by atoms with E-state index in [4.69, 9.17) is 32.7 Å². The molecule has 0 aliphatic rings. The van der Waals surface area contributed by atoms with Gasteiger partial charge in [-0.2, -0.15) is 0 Å². The molecule has 0 bridgehead atoms. The lowest BCUT2D eigenvalue weighted by molar-refractivity contribution is 0.351. The van der Waals surface area contributed by atoms with Crippen LogP contribution >= 0.6 is 39.1 Å². The maximum Gasteiger partial charge on any atom is 0.163 e. The number of methoxy groups -OCH3 is 2. The first kappa shape index (κ1) is 16.4. The number of hydrogen-bond donors (Lipinski definition) is 0. The minimum atomic E-state index is -0.741. The molecule has 0 aliphatic heterocycles. The van der Waals surface area contributed by atoms with E-state index in [1.807, 2.05) is 0 Å². The van der Waals surface area contributed by atoms with Gasteiger partial charge in [-0.3, -0.25) is 0 Å². The van der Waals surface area contributed by atoms with E-state index in [1.54, 1.807) is 18.2 Å². The summed E-state index contributed by atoms with van der Waals surface area (Å²) in [5.41, 5.74) is 0.883. The summed E-state index contributed by atoms with van der Waals surface area (Å²) in [6, 6.07) is 8.02. The topological polar surface area (TPSA) is 18.5 Å². The van der Waals surface area contributed by atoms with Crippen molar-refractivity contribution in [1.82, 2.24) is 0 Å². The van der Waals surface area contributed by atoms with E-state index in [0.717, 1.165) is 4.47 Å². The van der Waals surface area contributed by atoms with Crippen LogP contribution in [0.2, 0.25) is 5.02 Å². The zero-order valence-corrected chi connectivity index (χ0v) is 14.4. The molecule has 2 aromatic rings. The molecule has 0 amide bonds. The first-order chi connectivity index (χ1) is 9.97. The maximum atomic E-state index is 14.2. The van der Waals surface area contributed by atoms with Crippen LogP contribution in [0.5, 0.6) is 11.5 Å². The molecule has 6 heteroatoms. The van der Waals surface area contributed by atoms with Crippen LogP contribution in [-0.4, -0.2) is 14.2 Å². The van der Waals surface area contributed by atoms with Gasteiger partial charge in [0.25, 0.3) is 0 Å². The monoisotopic (exact) mass is 392 g/mol. The Hall–Kier alpha value is -0.970. The zero-order chi connectivity index (χ0) is 15.6. The molecule has 0 fully saturated rings. The molecule has 2 nitrogen and oxygen atoms in total. The number of ether oxygens (including phenoxy) is 2. The molecule has 0 spiro atoms. The van der Waals surface area contributed by atoms with Crippen molar-refractivity contribution in [3.05, 3.63) is 56.8 Å². The Balaban J connectivity index is 2.52. The van der Waals surface area contributed by atoms with Gasteiger partial charge in [-0.1, -0.05) is 27.5 Å². The highest BCUT2D eigenvalue weighted by molar-refractivity contribution is 9.10. The number of rotatable bonds is 4. The highest BCUT2D eigenvalue weighted by Gasteiger charge is 2.21. The standard InChI is InChI=1S/C15H12BrCl2FO2/c1-20-13-6-10(12(19)7-14(13)21-2)15(18)9-5-8(16)3-4-11(9)17/h3-7,15H,1-2H3. The summed E-state index contributed by atoms with van der Waals surface area (Å²) >= 11 is 15.9. The number of alkyl halides is 1. The molecular weight excluding hydrogens is 382 g/mol. The van der Waals surface area contributed by atoms with Crippen LogP contribution < -0.4 is 9.47 Å². The molecule has 21 heavy (non-hydrogen) atoms. The van der Waals surface area contributed by atoms with E-state index in [0.29, 0.717) is 22.1 Å². The fraction of sp³-hybridized carbons (Fsp3) is 0.200. The zero-order valence-electron chi connectivity index (χ0n) is 11.3. The number of benzene rings is 2. The molecule has 2 rings (SSSR count). The maximum absolute atomic E-state index is 14.2. The molecule has 0 aromatic heterocycles. The smallest absolute Gasteiger partial charge is 0.163 e. The van der Waals surface area contributed by atoms with Crippen molar-refractivity contribution in [3.63, 3.8) is 0 Å². The van der Waals surface area contributed by atoms with Crippen molar-refractivity contribution in [3.8, 4) is 11.5 Å². The lowest BCUT2D eigenvalue weighted by atomic mass is 10.0. The van der Waals surface area contributed by atoms with Gasteiger partial charge in [0.1, 0.15) is 5.82 Å². The third-order valence-electron chi connectivity index (χ3n) is 3.01. The van der Waals surface area contributed by atoms with Crippen LogP contribution in [0.25, 0.3) is 0 Å². The first-order valence-electron chi connectivity index (χ1n) is 5.98. The Labute approximate surface area is 140 Å². The molecular formula is C15H12BrCl2FO2. The second kappa shape index (κ2) is 6.86. The lowest BCUT2D eigenvalue weighted by Gasteiger charge is -2.16. The second-order valence-corrected chi connectivity index (χ2v) is 6.02. The summed E-state index contributed by atoms with van der Waals surface area (Å²) in [6.07, 6.45) is 0. The third kappa shape index (κ3) is 3.44. The Bertz CT molecular complexity index is 664. The van der Waals surface area contributed by atoms with Gasteiger partial charge in [0.2, 0.25) is 0 Å². The van der Waals surface area contributed by atoms with Crippen LogP contribution in [0.3, 0.4) is 0 Å². The van der Waals surface area contributed by atoms with Gasteiger partial charge in [0.05, 0.1) is 19.6 Å². The summed E-state index contributed by atoms with van der Waals surface area (Å²) in [7, 11) is 2.93. The summed E-state index contributed by atoms with van der Waals surface area (Å²) in [5, 5.41) is -0.276. The van der Waals surface area contributed by atoms with Gasteiger partial charge >= 0.3 is 0 Å². The molecule has 0 radical (unpaired) electrons. The van der Waals surface area contributed by atoms with Crippen LogP contribution in [0, 0.1) is 5.82 Å². The van der Waals surface area contributed by atoms with E-state index in [1.165, 1.54) is 26.4 Å². The van der Waals surface area contributed by atoms with Gasteiger partial charge in [-0.25, -0.2) is 4.39 Å². The Kier molecular flexibility index (Phi) is 5.36.